The van der Waals surface area contributed by atoms with Crippen LogP contribution in [0.2, 0.25) is 5.28 Å². The van der Waals surface area contributed by atoms with E-state index in [2.05, 4.69) is 21.2 Å². The summed E-state index contributed by atoms with van der Waals surface area (Å²) in [4.78, 5) is 8.67. The molecule has 0 bridgehead atoms. The molecule has 1 N–H and O–H groups in total. The fourth-order valence-corrected chi connectivity index (χ4v) is 2.90. The number of fused-ring (bicyclic) bond motifs is 1. The second-order valence-electron chi connectivity index (χ2n) is 6.19. The van der Waals surface area contributed by atoms with Crippen molar-refractivity contribution < 1.29 is 18.9 Å². The summed E-state index contributed by atoms with van der Waals surface area (Å²) in [6.07, 6.45) is 5.50. The maximum absolute atomic E-state index is 6.17. The number of hydrogen-bond donors (Lipinski definition) is 1. The molecule has 0 aliphatic rings. The Morgan fingerprint density at radius 3 is 2.33 bits per heavy atom. The summed E-state index contributed by atoms with van der Waals surface area (Å²) in [5.74, 6) is 4.22. The fraction of sp³-hybridized carbons (Fsp3) is 0.273. The van der Waals surface area contributed by atoms with Gasteiger partial charge in [-0.15, -0.1) is 6.42 Å². The molecule has 0 spiro atoms. The van der Waals surface area contributed by atoms with Gasteiger partial charge in [0.2, 0.25) is 5.28 Å². The smallest absolute Gasteiger partial charge is 0.224 e. The third kappa shape index (κ3) is 5.51. The van der Waals surface area contributed by atoms with E-state index in [4.69, 9.17) is 37.0 Å². The Bertz CT molecular complexity index is 1050. The van der Waals surface area contributed by atoms with E-state index in [1.165, 1.54) is 0 Å². The van der Waals surface area contributed by atoms with Crippen molar-refractivity contribution in [3.8, 4) is 23.8 Å². The maximum Gasteiger partial charge on any atom is 0.224 e. The van der Waals surface area contributed by atoms with Crippen LogP contribution in [-0.4, -0.2) is 50.6 Å². The van der Waals surface area contributed by atoms with Gasteiger partial charge in [-0.25, -0.2) is 4.98 Å². The SMILES string of the molecule is C#Cc1cccc(Nc2nc(Cl)nc3cc(OCCOC)c(OCCOC)cc23)c1. The first-order chi connectivity index (χ1) is 14.6. The van der Waals surface area contributed by atoms with Crippen LogP contribution < -0.4 is 14.8 Å². The quantitative estimate of drug-likeness (QED) is 0.297. The largest absolute Gasteiger partial charge is 0.487 e. The molecular formula is C22H22ClN3O4. The minimum Gasteiger partial charge on any atom is -0.487 e. The number of rotatable bonds is 10. The third-order valence-corrected chi connectivity index (χ3v) is 4.28. The van der Waals surface area contributed by atoms with Crippen molar-refractivity contribution in [2.24, 2.45) is 0 Å². The molecule has 30 heavy (non-hydrogen) atoms. The lowest BCUT2D eigenvalue weighted by Gasteiger charge is -2.15. The molecule has 7 nitrogen and oxygen atoms in total. The van der Waals surface area contributed by atoms with Gasteiger partial charge in [0.25, 0.3) is 0 Å². The number of terminal acetylenes is 1. The molecule has 0 atom stereocenters. The topological polar surface area (TPSA) is 74.7 Å². The normalized spacial score (nSPS) is 10.6. The lowest BCUT2D eigenvalue weighted by atomic mass is 10.2. The molecule has 0 aliphatic heterocycles. The molecule has 3 rings (SSSR count). The average molecular weight is 428 g/mol. The summed E-state index contributed by atoms with van der Waals surface area (Å²) in [7, 11) is 3.22. The second kappa shape index (κ2) is 10.6. The van der Waals surface area contributed by atoms with Crippen molar-refractivity contribution >= 4 is 34.0 Å². The van der Waals surface area contributed by atoms with E-state index in [-0.39, 0.29) is 5.28 Å². The molecule has 0 aliphatic carbocycles. The monoisotopic (exact) mass is 427 g/mol. The van der Waals surface area contributed by atoms with Gasteiger partial charge in [0.1, 0.15) is 19.0 Å². The standard InChI is InChI=1S/C22H22ClN3O4/c1-4-15-6-5-7-16(12-15)24-21-17-13-19(29-10-8-27-2)20(30-11-9-28-3)14-18(17)25-22(23)26-21/h1,5-7,12-14H,8-11H2,2-3H3,(H,24,25,26). The maximum atomic E-state index is 6.17. The number of benzene rings is 2. The van der Waals surface area contributed by atoms with Crippen molar-refractivity contribution in [2.45, 2.75) is 0 Å². The zero-order valence-corrected chi connectivity index (χ0v) is 17.5. The first-order valence-electron chi connectivity index (χ1n) is 9.23. The van der Waals surface area contributed by atoms with E-state index in [1.54, 1.807) is 20.3 Å². The molecule has 1 heterocycles. The Kier molecular flexibility index (Phi) is 7.69. The molecule has 0 saturated heterocycles. The summed E-state index contributed by atoms with van der Waals surface area (Å²) < 4.78 is 21.8. The zero-order valence-electron chi connectivity index (χ0n) is 16.8. The Balaban J connectivity index is 2.01. The molecule has 2 aromatic carbocycles. The van der Waals surface area contributed by atoms with Gasteiger partial charge in [-0.2, -0.15) is 4.98 Å². The van der Waals surface area contributed by atoms with Gasteiger partial charge in [-0.3, -0.25) is 0 Å². The van der Waals surface area contributed by atoms with Gasteiger partial charge in [0.05, 0.1) is 18.7 Å². The number of methoxy groups -OCH3 is 2. The molecule has 8 heteroatoms. The minimum absolute atomic E-state index is 0.106. The highest BCUT2D eigenvalue weighted by molar-refractivity contribution is 6.28. The number of anilines is 2. The fourth-order valence-electron chi connectivity index (χ4n) is 2.72. The van der Waals surface area contributed by atoms with Gasteiger partial charge in [-0.05, 0) is 35.9 Å². The van der Waals surface area contributed by atoms with Crippen LogP contribution in [0.5, 0.6) is 11.5 Å². The number of nitrogens with zero attached hydrogens (tertiary/aromatic N) is 2. The average Bonchev–Trinajstić information content (AvgIpc) is 2.74. The van der Waals surface area contributed by atoms with Crippen LogP contribution in [0.1, 0.15) is 5.56 Å². The highest BCUT2D eigenvalue weighted by Gasteiger charge is 2.14. The van der Waals surface area contributed by atoms with Gasteiger partial charge in [0, 0.05) is 36.9 Å². The highest BCUT2D eigenvalue weighted by atomic mass is 35.5. The zero-order chi connectivity index (χ0) is 21.3. The van der Waals surface area contributed by atoms with Crippen molar-refractivity contribution in [1.29, 1.82) is 0 Å². The van der Waals surface area contributed by atoms with E-state index in [0.29, 0.717) is 49.3 Å². The van der Waals surface area contributed by atoms with Crippen LogP contribution >= 0.6 is 11.6 Å². The third-order valence-electron chi connectivity index (χ3n) is 4.12. The summed E-state index contributed by atoms with van der Waals surface area (Å²) in [5.41, 5.74) is 2.14. The second-order valence-corrected chi connectivity index (χ2v) is 6.53. The predicted octanol–water partition coefficient (Wildman–Crippen LogP) is 4.06. The Labute approximate surface area is 180 Å². The van der Waals surface area contributed by atoms with Gasteiger partial charge in [0.15, 0.2) is 11.5 Å². The summed E-state index contributed by atoms with van der Waals surface area (Å²) >= 11 is 6.17. The van der Waals surface area contributed by atoms with Crippen molar-refractivity contribution in [3.63, 3.8) is 0 Å². The van der Waals surface area contributed by atoms with Crippen LogP contribution in [0.4, 0.5) is 11.5 Å². The van der Waals surface area contributed by atoms with Crippen LogP contribution in [-0.2, 0) is 9.47 Å². The van der Waals surface area contributed by atoms with Crippen molar-refractivity contribution in [2.75, 3.05) is 46.0 Å². The summed E-state index contributed by atoms with van der Waals surface area (Å²) in [5, 5.41) is 4.08. The van der Waals surface area contributed by atoms with Crippen molar-refractivity contribution in [1.82, 2.24) is 9.97 Å². The van der Waals surface area contributed by atoms with Crippen LogP contribution in [0, 0.1) is 12.3 Å². The Morgan fingerprint density at radius 2 is 1.67 bits per heavy atom. The van der Waals surface area contributed by atoms with E-state index < -0.39 is 0 Å². The molecule has 0 unspecified atom stereocenters. The van der Waals surface area contributed by atoms with E-state index in [9.17, 15) is 0 Å². The van der Waals surface area contributed by atoms with E-state index in [0.717, 1.165) is 16.6 Å². The number of nitrogens with one attached hydrogen (secondary N) is 1. The van der Waals surface area contributed by atoms with Gasteiger partial charge >= 0.3 is 0 Å². The molecule has 1 aromatic heterocycles. The molecular weight excluding hydrogens is 406 g/mol. The lowest BCUT2D eigenvalue weighted by molar-refractivity contribution is 0.132. The molecule has 0 saturated carbocycles. The van der Waals surface area contributed by atoms with Crippen molar-refractivity contribution in [3.05, 3.63) is 47.2 Å². The van der Waals surface area contributed by atoms with Gasteiger partial charge in [-0.1, -0.05) is 12.0 Å². The van der Waals surface area contributed by atoms with Gasteiger partial charge < -0.3 is 24.3 Å². The summed E-state index contributed by atoms with van der Waals surface area (Å²) in [6, 6.07) is 11.0. The molecule has 0 amide bonds. The van der Waals surface area contributed by atoms with E-state index >= 15 is 0 Å². The predicted molar refractivity (Wildman–Crippen MR) is 117 cm³/mol. The first-order valence-corrected chi connectivity index (χ1v) is 9.61. The lowest BCUT2D eigenvalue weighted by Crippen LogP contribution is -2.09. The van der Waals surface area contributed by atoms with Crippen LogP contribution in [0.25, 0.3) is 10.9 Å². The number of halogens is 1. The van der Waals surface area contributed by atoms with Crippen LogP contribution in [0.15, 0.2) is 36.4 Å². The van der Waals surface area contributed by atoms with E-state index in [1.807, 2.05) is 30.3 Å². The van der Waals surface area contributed by atoms with Crippen LogP contribution in [0.3, 0.4) is 0 Å². The summed E-state index contributed by atoms with van der Waals surface area (Å²) in [6.45, 7) is 1.62. The Morgan fingerprint density at radius 1 is 0.967 bits per heavy atom. The molecule has 0 radical (unpaired) electrons. The molecule has 0 fully saturated rings. The highest BCUT2D eigenvalue weighted by Crippen LogP contribution is 2.36. The molecule has 3 aromatic rings. The Hall–Kier alpha value is -3.05. The molecule has 156 valence electrons. The number of ether oxygens (including phenoxy) is 4. The number of aromatic nitrogens is 2. The first kappa shape index (κ1) is 21.7. The minimum atomic E-state index is 0.106. The number of hydrogen-bond acceptors (Lipinski definition) is 7.